The lowest BCUT2D eigenvalue weighted by molar-refractivity contribution is -0.143. The van der Waals surface area contributed by atoms with E-state index in [9.17, 15) is 35.7 Å². The molecule has 0 aliphatic rings. The number of carbonyl (C=O) groups is 1. The summed E-state index contributed by atoms with van der Waals surface area (Å²) in [4.78, 5) is 11.9. The molecule has 122 valence electrons. The molecule has 0 fully saturated rings. The zero-order valence-electron chi connectivity index (χ0n) is 11.5. The number of rotatable bonds is 4. The molecule has 1 aromatic carbocycles. The van der Waals surface area contributed by atoms with Gasteiger partial charge in [0.1, 0.15) is 0 Å². The number of hydrogen-bond donors (Lipinski definition) is 0. The number of hydrogen-bond acceptors (Lipinski definition) is 2. The van der Waals surface area contributed by atoms with Crippen molar-refractivity contribution in [2.45, 2.75) is 26.2 Å². The minimum atomic E-state index is -5.15. The molecular formula is C13H12F6O2P+. The smallest absolute Gasteiger partial charge is 0.234 e. The van der Waals surface area contributed by atoms with Gasteiger partial charge in [-0.1, -0.05) is 24.5 Å². The fraction of sp³-hybridized carbons (Fsp3) is 0.462. The van der Waals surface area contributed by atoms with Crippen LogP contribution in [-0.2, 0) is 16.9 Å². The minimum Gasteiger partial charge on any atom is -0.234 e. The van der Waals surface area contributed by atoms with Gasteiger partial charge in [0, 0.05) is 0 Å². The summed E-state index contributed by atoms with van der Waals surface area (Å²) >= 11 is 0. The first-order chi connectivity index (χ1) is 9.85. The Kier molecular flexibility index (Phi) is 5.38. The van der Waals surface area contributed by atoms with Gasteiger partial charge in [-0.05, 0) is 18.1 Å². The van der Waals surface area contributed by atoms with Gasteiger partial charge < -0.3 is 0 Å². The maximum absolute atomic E-state index is 12.9. The van der Waals surface area contributed by atoms with E-state index in [-0.39, 0.29) is 12.1 Å². The predicted octanol–water partition coefficient (Wildman–Crippen LogP) is 5.35. The standard InChI is InChI=1S/C13H12F6O2P/c1-7(2)6-22(21)11(20)10-8(12(14,15)16)4-3-5-9(10)13(17,18)19/h3-5,7H,6H2,1-2H3/q+1. The van der Waals surface area contributed by atoms with Crippen LogP contribution in [0.1, 0.15) is 35.3 Å². The van der Waals surface area contributed by atoms with Gasteiger partial charge in [-0.25, -0.2) is 4.79 Å². The maximum Gasteiger partial charge on any atom is 0.420 e. The van der Waals surface area contributed by atoms with E-state index >= 15 is 0 Å². The molecule has 0 amide bonds. The van der Waals surface area contributed by atoms with E-state index in [0.717, 1.165) is 0 Å². The van der Waals surface area contributed by atoms with Crippen molar-refractivity contribution in [1.29, 1.82) is 0 Å². The summed E-state index contributed by atoms with van der Waals surface area (Å²) in [5, 5.41) is 0. The second kappa shape index (κ2) is 6.36. The SMILES string of the molecule is CC(C)C[P+](=O)C(=O)c1c(C(F)(F)F)cccc1C(F)(F)F. The van der Waals surface area contributed by atoms with E-state index in [0.29, 0.717) is 18.2 Å². The number of carbonyl (C=O) groups excluding carboxylic acids is 1. The average Bonchev–Trinajstić information content (AvgIpc) is 2.34. The summed E-state index contributed by atoms with van der Waals surface area (Å²) < 4.78 is 89.1. The van der Waals surface area contributed by atoms with Gasteiger partial charge in [-0.15, -0.1) is 0 Å². The molecule has 1 rings (SSSR count). The molecule has 0 saturated carbocycles. The van der Waals surface area contributed by atoms with Crippen LogP contribution in [0.4, 0.5) is 26.3 Å². The fourth-order valence-corrected chi connectivity index (χ4v) is 3.11. The van der Waals surface area contributed by atoms with Crippen LogP contribution in [-0.4, -0.2) is 11.7 Å². The summed E-state index contributed by atoms with van der Waals surface area (Å²) in [5.74, 6) is -0.306. The summed E-state index contributed by atoms with van der Waals surface area (Å²) in [6.45, 7) is 3.11. The van der Waals surface area contributed by atoms with Crippen molar-refractivity contribution in [2.24, 2.45) is 5.92 Å². The van der Waals surface area contributed by atoms with Crippen LogP contribution in [0.5, 0.6) is 0 Å². The number of alkyl halides is 6. The van der Waals surface area contributed by atoms with Crippen LogP contribution in [0.2, 0.25) is 0 Å². The summed E-state index contributed by atoms with van der Waals surface area (Å²) in [6.07, 6.45) is -10.6. The first-order valence-electron chi connectivity index (χ1n) is 6.12. The first-order valence-corrected chi connectivity index (χ1v) is 7.56. The van der Waals surface area contributed by atoms with E-state index in [1.807, 2.05) is 0 Å². The van der Waals surface area contributed by atoms with Gasteiger partial charge >= 0.3 is 25.7 Å². The predicted molar refractivity (Wildman–Crippen MR) is 68.1 cm³/mol. The van der Waals surface area contributed by atoms with Crippen LogP contribution >= 0.6 is 7.80 Å². The van der Waals surface area contributed by atoms with E-state index in [1.165, 1.54) is 0 Å². The van der Waals surface area contributed by atoms with Crippen molar-refractivity contribution in [3.8, 4) is 0 Å². The third-order valence-electron chi connectivity index (χ3n) is 2.65. The molecule has 0 aromatic heterocycles. The third kappa shape index (κ3) is 4.29. The highest BCUT2D eigenvalue weighted by atomic mass is 31.1. The average molecular weight is 345 g/mol. The maximum atomic E-state index is 12.9. The topological polar surface area (TPSA) is 34.1 Å². The quantitative estimate of drug-likeness (QED) is 0.545. The Morgan fingerprint density at radius 3 is 1.77 bits per heavy atom. The van der Waals surface area contributed by atoms with Gasteiger partial charge in [0.25, 0.3) is 0 Å². The Morgan fingerprint density at radius 1 is 1.05 bits per heavy atom. The molecule has 1 aromatic rings. The molecule has 22 heavy (non-hydrogen) atoms. The molecular weight excluding hydrogens is 333 g/mol. The van der Waals surface area contributed by atoms with Crippen molar-refractivity contribution in [1.82, 2.24) is 0 Å². The Bertz CT molecular complexity index is 557. The summed E-state index contributed by atoms with van der Waals surface area (Å²) in [7, 11) is -2.87. The summed E-state index contributed by atoms with van der Waals surface area (Å²) in [6, 6.07) is 1.32. The largest absolute Gasteiger partial charge is 0.420 e. The zero-order valence-corrected chi connectivity index (χ0v) is 12.4. The Labute approximate surface area is 123 Å². The van der Waals surface area contributed by atoms with Gasteiger partial charge in [-0.2, -0.15) is 26.3 Å². The van der Waals surface area contributed by atoms with Crippen molar-refractivity contribution in [2.75, 3.05) is 6.16 Å². The second-order valence-electron chi connectivity index (χ2n) is 4.98. The van der Waals surface area contributed by atoms with Crippen LogP contribution in [0, 0.1) is 5.92 Å². The molecule has 0 spiro atoms. The molecule has 0 N–H and O–H groups in total. The van der Waals surface area contributed by atoms with Crippen LogP contribution < -0.4 is 0 Å². The highest BCUT2D eigenvalue weighted by molar-refractivity contribution is 7.64. The molecule has 0 aliphatic heterocycles. The van der Waals surface area contributed by atoms with Crippen molar-refractivity contribution in [3.05, 3.63) is 34.9 Å². The van der Waals surface area contributed by atoms with Gasteiger partial charge in [0.05, 0.1) is 16.7 Å². The zero-order chi connectivity index (χ0) is 17.3. The van der Waals surface area contributed by atoms with Gasteiger partial charge in [0.15, 0.2) is 6.16 Å². The molecule has 0 heterocycles. The molecule has 0 aliphatic carbocycles. The van der Waals surface area contributed by atoms with Crippen LogP contribution in [0.25, 0.3) is 0 Å². The molecule has 2 nitrogen and oxygen atoms in total. The molecule has 0 bridgehead atoms. The lowest BCUT2D eigenvalue weighted by atomic mass is 10.0. The number of halogens is 6. The molecule has 1 unspecified atom stereocenters. The van der Waals surface area contributed by atoms with Crippen LogP contribution in [0.3, 0.4) is 0 Å². The lowest BCUT2D eigenvalue weighted by Gasteiger charge is -2.15. The van der Waals surface area contributed by atoms with E-state index in [2.05, 4.69) is 0 Å². The lowest BCUT2D eigenvalue weighted by Crippen LogP contribution is -2.19. The number of benzene rings is 1. The normalized spacial score (nSPS) is 13.4. The van der Waals surface area contributed by atoms with Crippen LogP contribution in [0.15, 0.2) is 18.2 Å². The highest BCUT2D eigenvalue weighted by Gasteiger charge is 2.47. The van der Waals surface area contributed by atoms with Crippen molar-refractivity contribution < 1.29 is 35.7 Å². The second-order valence-corrected chi connectivity index (χ2v) is 6.51. The summed E-state index contributed by atoms with van der Waals surface area (Å²) in [5.41, 5.74) is -6.63. The molecule has 0 saturated heterocycles. The van der Waals surface area contributed by atoms with E-state index in [1.54, 1.807) is 13.8 Å². The molecule has 9 heteroatoms. The molecule has 1 atom stereocenters. The Balaban J connectivity index is 3.54. The Morgan fingerprint density at radius 2 is 1.45 bits per heavy atom. The van der Waals surface area contributed by atoms with Gasteiger partial charge in [-0.3, -0.25) is 0 Å². The highest BCUT2D eigenvalue weighted by Crippen LogP contribution is 2.43. The van der Waals surface area contributed by atoms with E-state index in [4.69, 9.17) is 0 Å². The minimum absolute atomic E-state index is 0.280. The monoisotopic (exact) mass is 345 g/mol. The Hall–Kier alpha value is -1.43. The van der Waals surface area contributed by atoms with E-state index < -0.39 is 42.4 Å². The first kappa shape index (κ1) is 18.6. The third-order valence-corrected chi connectivity index (χ3v) is 4.39. The molecule has 0 radical (unpaired) electrons. The van der Waals surface area contributed by atoms with Gasteiger partial charge in [0.2, 0.25) is 0 Å². The fourth-order valence-electron chi connectivity index (χ4n) is 1.79. The van der Waals surface area contributed by atoms with Crippen molar-refractivity contribution in [3.63, 3.8) is 0 Å². The van der Waals surface area contributed by atoms with Crippen molar-refractivity contribution >= 4 is 13.3 Å².